The normalized spacial score (nSPS) is 11.8. The molecule has 1 aromatic heterocycles. The maximum atomic E-state index is 13.5. The summed E-state index contributed by atoms with van der Waals surface area (Å²) in [5, 5.41) is 10.3. The van der Waals surface area contributed by atoms with Gasteiger partial charge in [-0.25, -0.2) is 13.6 Å². The molecule has 2 rings (SSSR count). The zero-order valence-electron chi connectivity index (χ0n) is 13.0. The highest BCUT2D eigenvalue weighted by molar-refractivity contribution is 5.92. The monoisotopic (exact) mass is 352 g/mol. The number of nitrogens with one attached hydrogen (secondary N) is 1. The number of benzene rings is 1. The van der Waals surface area contributed by atoms with E-state index in [0.29, 0.717) is 0 Å². The zero-order valence-corrected chi connectivity index (χ0v) is 13.0. The van der Waals surface area contributed by atoms with E-state index >= 15 is 0 Å². The van der Waals surface area contributed by atoms with Crippen LogP contribution in [0.2, 0.25) is 0 Å². The summed E-state index contributed by atoms with van der Waals surface area (Å²) in [4.78, 5) is 37.4. The van der Waals surface area contributed by atoms with Crippen molar-refractivity contribution in [2.45, 2.75) is 12.3 Å². The van der Waals surface area contributed by atoms with E-state index < -0.39 is 47.2 Å². The van der Waals surface area contributed by atoms with E-state index in [2.05, 4.69) is 9.72 Å². The Kier molecular flexibility index (Phi) is 5.16. The Bertz CT molecular complexity index is 895. The van der Waals surface area contributed by atoms with E-state index in [1.54, 1.807) is 0 Å². The van der Waals surface area contributed by atoms with Gasteiger partial charge in [-0.05, 0) is 17.7 Å². The van der Waals surface area contributed by atoms with Crippen LogP contribution >= 0.6 is 0 Å². The predicted molar refractivity (Wildman–Crippen MR) is 82.1 cm³/mol. The van der Waals surface area contributed by atoms with E-state index in [9.17, 15) is 28.3 Å². The van der Waals surface area contributed by atoms with Crippen molar-refractivity contribution in [2.24, 2.45) is 5.73 Å². The summed E-state index contributed by atoms with van der Waals surface area (Å²) in [5.74, 6) is -6.03. The molecule has 0 radical (unpaired) electrons. The average molecular weight is 352 g/mol. The van der Waals surface area contributed by atoms with Crippen LogP contribution in [0.3, 0.4) is 0 Å². The number of halogens is 2. The van der Waals surface area contributed by atoms with Crippen LogP contribution in [0.1, 0.15) is 33.8 Å². The van der Waals surface area contributed by atoms with Crippen molar-refractivity contribution in [2.75, 3.05) is 7.11 Å². The quantitative estimate of drug-likeness (QED) is 0.697. The molecule has 1 atom stereocenters. The van der Waals surface area contributed by atoms with Gasteiger partial charge < -0.3 is 20.6 Å². The van der Waals surface area contributed by atoms with Crippen LogP contribution in [-0.4, -0.2) is 29.1 Å². The molecule has 1 amide bonds. The van der Waals surface area contributed by atoms with Gasteiger partial charge in [0, 0.05) is 18.5 Å². The number of esters is 1. The molecule has 4 N–H and O–H groups in total. The van der Waals surface area contributed by atoms with E-state index in [1.165, 1.54) is 0 Å². The number of primary amides is 1. The third-order valence-electron chi connectivity index (χ3n) is 3.61. The molecule has 7 nitrogen and oxygen atoms in total. The van der Waals surface area contributed by atoms with E-state index in [1.807, 2.05) is 0 Å². The van der Waals surface area contributed by atoms with Crippen LogP contribution in [0.5, 0.6) is 5.75 Å². The lowest BCUT2D eigenvalue weighted by atomic mass is 9.87. The number of aromatic amines is 1. The van der Waals surface area contributed by atoms with E-state index in [-0.39, 0.29) is 16.7 Å². The second-order valence-corrected chi connectivity index (χ2v) is 5.18. The molecule has 0 aliphatic carbocycles. The first kappa shape index (κ1) is 18.1. The maximum absolute atomic E-state index is 13.5. The topological polar surface area (TPSA) is 122 Å². The summed E-state index contributed by atoms with van der Waals surface area (Å²) in [6.45, 7) is 0. The molecule has 0 bridgehead atoms. The number of methoxy groups -OCH3 is 1. The molecule has 0 spiro atoms. The lowest BCUT2D eigenvalue weighted by Gasteiger charge is -2.18. The number of carbonyl (C=O) groups is 2. The predicted octanol–water partition coefficient (Wildman–Crippen LogP) is 1.15. The number of hydrogen-bond acceptors (Lipinski definition) is 5. The number of H-pyrrole nitrogens is 1. The molecule has 0 unspecified atom stereocenters. The molecule has 0 saturated heterocycles. The van der Waals surface area contributed by atoms with E-state index in [4.69, 9.17) is 5.73 Å². The number of aromatic nitrogens is 1. The highest BCUT2D eigenvalue weighted by Crippen LogP contribution is 2.33. The van der Waals surface area contributed by atoms with Gasteiger partial charge >= 0.3 is 5.97 Å². The average Bonchev–Trinajstić information content (AvgIpc) is 2.55. The van der Waals surface area contributed by atoms with Crippen LogP contribution in [0.4, 0.5) is 8.78 Å². The number of pyridine rings is 1. The van der Waals surface area contributed by atoms with Crippen molar-refractivity contribution in [1.29, 1.82) is 0 Å². The van der Waals surface area contributed by atoms with Crippen molar-refractivity contribution in [3.8, 4) is 5.75 Å². The lowest BCUT2D eigenvalue weighted by molar-refractivity contribution is -0.118. The van der Waals surface area contributed by atoms with Crippen LogP contribution in [-0.2, 0) is 9.53 Å². The largest absolute Gasteiger partial charge is 0.506 e. The number of ether oxygens (including phenoxy) is 1. The number of aromatic hydroxyl groups is 1. The summed E-state index contributed by atoms with van der Waals surface area (Å²) < 4.78 is 31.2. The van der Waals surface area contributed by atoms with Crippen molar-refractivity contribution in [3.63, 3.8) is 0 Å². The van der Waals surface area contributed by atoms with Crippen LogP contribution in [0.15, 0.2) is 29.2 Å². The summed E-state index contributed by atoms with van der Waals surface area (Å²) in [6.07, 6.45) is 0.464. The lowest BCUT2D eigenvalue weighted by Crippen LogP contribution is -2.24. The molecule has 0 aliphatic heterocycles. The van der Waals surface area contributed by atoms with Gasteiger partial charge in [0.15, 0.2) is 11.6 Å². The first-order valence-corrected chi connectivity index (χ1v) is 7.02. The molecule has 9 heteroatoms. The molecule has 0 fully saturated rings. The Morgan fingerprint density at radius 2 is 2.00 bits per heavy atom. The summed E-state index contributed by atoms with van der Waals surface area (Å²) in [6, 6.07) is 2.75. The van der Waals surface area contributed by atoms with Gasteiger partial charge in [0.25, 0.3) is 5.56 Å². The third kappa shape index (κ3) is 3.65. The zero-order chi connectivity index (χ0) is 18.7. The Hall–Kier alpha value is -3.23. The Morgan fingerprint density at radius 1 is 1.32 bits per heavy atom. The van der Waals surface area contributed by atoms with Gasteiger partial charge in [-0.2, -0.15) is 0 Å². The van der Waals surface area contributed by atoms with Crippen molar-refractivity contribution < 1.29 is 28.2 Å². The summed E-state index contributed by atoms with van der Waals surface area (Å²) in [7, 11) is 1.07. The SMILES string of the molecule is COC(=O)c1c[nH]c(=O)c([C@@H](CC(N)=O)c2ccc(F)c(F)c2)c1O. The number of carbonyl (C=O) groups excluding carboxylic acids is 2. The van der Waals surface area contributed by atoms with Crippen LogP contribution < -0.4 is 11.3 Å². The fourth-order valence-corrected chi connectivity index (χ4v) is 2.44. The number of nitrogens with two attached hydrogens (primary N) is 1. The number of hydrogen-bond donors (Lipinski definition) is 3. The molecule has 2 aromatic rings. The van der Waals surface area contributed by atoms with Gasteiger partial charge in [-0.1, -0.05) is 6.07 Å². The van der Waals surface area contributed by atoms with Gasteiger partial charge in [0.1, 0.15) is 11.3 Å². The minimum absolute atomic E-state index is 0.0283. The number of amides is 1. The molecule has 0 aliphatic rings. The first-order chi connectivity index (χ1) is 11.8. The second-order valence-electron chi connectivity index (χ2n) is 5.18. The molecule has 132 valence electrons. The highest BCUT2D eigenvalue weighted by Gasteiger charge is 2.27. The maximum Gasteiger partial charge on any atom is 0.343 e. The minimum Gasteiger partial charge on any atom is -0.506 e. The highest BCUT2D eigenvalue weighted by atomic mass is 19.2. The molecular formula is C16H14F2N2O5. The van der Waals surface area contributed by atoms with Crippen LogP contribution in [0, 0.1) is 11.6 Å². The minimum atomic E-state index is -1.20. The van der Waals surface area contributed by atoms with Gasteiger partial charge in [0.05, 0.1) is 12.7 Å². The Labute approximate surface area is 140 Å². The van der Waals surface area contributed by atoms with Gasteiger partial charge in [-0.15, -0.1) is 0 Å². The molecule has 25 heavy (non-hydrogen) atoms. The molecular weight excluding hydrogens is 338 g/mol. The standard InChI is InChI=1S/C16H14F2N2O5/c1-25-16(24)9-6-20-15(23)13(14(9)22)8(5-12(19)21)7-2-3-10(17)11(18)4-7/h2-4,6,8H,5H2,1H3,(H2,19,21)(H2,20,22,23)/t8-/m0/s1. The van der Waals surface area contributed by atoms with Gasteiger partial charge in [-0.3, -0.25) is 9.59 Å². The summed E-state index contributed by atoms with van der Waals surface area (Å²) in [5.41, 5.74) is 3.64. The fourth-order valence-electron chi connectivity index (χ4n) is 2.44. The van der Waals surface area contributed by atoms with Crippen molar-refractivity contribution >= 4 is 11.9 Å². The van der Waals surface area contributed by atoms with Gasteiger partial charge in [0.2, 0.25) is 5.91 Å². The molecule has 0 saturated carbocycles. The smallest absolute Gasteiger partial charge is 0.343 e. The Morgan fingerprint density at radius 3 is 2.56 bits per heavy atom. The molecule has 1 heterocycles. The first-order valence-electron chi connectivity index (χ1n) is 7.02. The number of rotatable bonds is 5. The van der Waals surface area contributed by atoms with Crippen molar-refractivity contribution in [3.05, 3.63) is 63.1 Å². The van der Waals surface area contributed by atoms with Crippen LogP contribution in [0.25, 0.3) is 0 Å². The Balaban J connectivity index is 2.70. The molecule has 1 aromatic carbocycles. The second kappa shape index (κ2) is 7.12. The summed E-state index contributed by atoms with van der Waals surface area (Å²) >= 11 is 0. The fraction of sp³-hybridized carbons (Fsp3) is 0.188. The van der Waals surface area contributed by atoms with E-state index in [0.717, 1.165) is 31.5 Å². The third-order valence-corrected chi connectivity index (χ3v) is 3.61. The van der Waals surface area contributed by atoms with Crippen molar-refractivity contribution in [1.82, 2.24) is 4.98 Å².